The summed E-state index contributed by atoms with van der Waals surface area (Å²) in [6, 6.07) is 2.56. The fourth-order valence-corrected chi connectivity index (χ4v) is 3.85. The molecule has 1 aromatic heterocycles. The van der Waals surface area contributed by atoms with Gasteiger partial charge in [-0.3, -0.25) is 0 Å². The van der Waals surface area contributed by atoms with Crippen molar-refractivity contribution in [1.82, 2.24) is 14.9 Å². The fourth-order valence-electron chi connectivity index (χ4n) is 3.85. The summed E-state index contributed by atoms with van der Waals surface area (Å²) >= 11 is 0. The van der Waals surface area contributed by atoms with Gasteiger partial charge in [0.25, 0.3) is 0 Å². The number of nitrogens with one attached hydrogen (secondary N) is 1. The molecule has 0 aromatic carbocycles. The number of anilines is 2. The molecule has 0 amide bonds. The number of hydrogen-bond donors (Lipinski definition) is 1. The molecule has 0 atom stereocenters. The highest BCUT2D eigenvalue weighted by molar-refractivity contribution is 5.43. The number of nitrogens with zero attached hydrogens (tertiary/aromatic N) is 4. The van der Waals surface area contributed by atoms with Gasteiger partial charge in [-0.25, -0.2) is 4.98 Å². The van der Waals surface area contributed by atoms with E-state index in [9.17, 15) is 0 Å². The van der Waals surface area contributed by atoms with Gasteiger partial charge in [0.15, 0.2) is 0 Å². The van der Waals surface area contributed by atoms with E-state index >= 15 is 0 Å². The summed E-state index contributed by atoms with van der Waals surface area (Å²) in [6.45, 7) is 10.4. The summed E-state index contributed by atoms with van der Waals surface area (Å²) in [6.07, 6.45) is 9.53. The number of likely N-dealkylation sites (tertiary alicyclic amines) is 1. The molecule has 0 bridgehead atoms. The second-order valence-corrected chi connectivity index (χ2v) is 7.75. The molecule has 1 N–H and O–H groups in total. The van der Waals surface area contributed by atoms with E-state index in [0.29, 0.717) is 6.04 Å². The molecule has 3 rings (SSSR count). The van der Waals surface area contributed by atoms with Gasteiger partial charge in [0.2, 0.25) is 5.95 Å². The first kappa shape index (κ1) is 17.5. The van der Waals surface area contributed by atoms with E-state index in [1.807, 2.05) is 6.20 Å². The maximum absolute atomic E-state index is 4.79. The van der Waals surface area contributed by atoms with E-state index in [2.05, 4.69) is 40.0 Å². The third-order valence-electron chi connectivity index (χ3n) is 5.12. The Bertz CT molecular complexity index is 488. The van der Waals surface area contributed by atoms with Crippen LogP contribution in [0, 0.1) is 5.92 Å². The van der Waals surface area contributed by atoms with Crippen molar-refractivity contribution < 1.29 is 0 Å². The molecule has 1 aromatic rings. The van der Waals surface area contributed by atoms with Crippen LogP contribution in [-0.2, 0) is 0 Å². The van der Waals surface area contributed by atoms with Crippen LogP contribution in [0.1, 0.15) is 52.4 Å². The van der Waals surface area contributed by atoms with Crippen molar-refractivity contribution in [3.63, 3.8) is 0 Å². The van der Waals surface area contributed by atoms with Gasteiger partial charge < -0.3 is 15.1 Å². The topological polar surface area (TPSA) is 44.3 Å². The monoisotopic (exact) mass is 331 g/mol. The number of aromatic nitrogens is 2. The van der Waals surface area contributed by atoms with E-state index in [0.717, 1.165) is 30.8 Å². The van der Waals surface area contributed by atoms with E-state index in [1.165, 1.54) is 58.2 Å². The normalized spacial score (nSPS) is 21.0. The number of hydrogen-bond acceptors (Lipinski definition) is 5. The van der Waals surface area contributed by atoms with Gasteiger partial charge in [0.05, 0.1) is 0 Å². The second-order valence-electron chi connectivity index (χ2n) is 7.75. The average Bonchev–Trinajstić information content (AvgIpc) is 2.86. The van der Waals surface area contributed by atoms with Crippen molar-refractivity contribution in [3.05, 3.63) is 12.3 Å². The molecule has 0 saturated carbocycles. The standard InChI is InChI=1S/C19H33N5/c1-16(2)15-23-13-8-17(9-14-23)21-19-20-10-7-18(22-19)24-11-5-3-4-6-12-24/h7,10,16-17H,3-6,8-9,11-15H2,1-2H3,(H,20,21,22). The van der Waals surface area contributed by atoms with E-state index in [1.54, 1.807) is 0 Å². The third-order valence-corrected chi connectivity index (χ3v) is 5.12. The first-order chi connectivity index (χ1) is 11.7. The first-order valence-corrected chi connectivity index (χ1v) is 9.77. The molecule has 5 nitrogen and oxygen atoms in total. The summed E-state index contributed by atoms with van der Waals surface area (Å²) in [5.41, 5.74) is 0. The van der Waals surface area contributed by atoms with Crippen LogP contribution in [0.4, 0.5) is 11.8 Å². The van der Waals surface area contributed by atoms with Crippen molar-refractivity contribution in [2.45, 2.75) is 58.4 Å². The molecule has 2 aliphatic rings. The van der Waals surface area contributed by atoms with Crippen LogP contribution in [0.15, 0.2) is 12.3 Å². The van der Waals surface area contributed by atoms with Crippen molar-refractivity contribution in [3.8, 4) is 0 Å². The van der Waals surface area contributed by atoms with Crippen molar-refractivity contribution in [1.29, 1.82) is 0 Å². The van der Waals surface area contributed by atoms with Crippen LogP contribution >= 0.6 is 0 Å². The number of rotatable bonds is 5. The van der Waals surface area contributed by atoms with E-state index in [-0.39, 0.29) is 0 Å². The Kier molecular flexibility index (Phi) is 6.30. The van der Waals surface area contributed by atoms with Crippen LogP contribution < -0.4 is 10.2 Å². The van der Waals surface area contributed by atoms with Crippen LogP contribution in [0.2, 0.25) is 0 Å². The van der Waals surface area contributed by atoms with Gasteiger partial charge in [-0.1, -0.05) is 26.7 Å². The molecule has 0 radical (unpaired) electrons. The van der Waals surface area contributed by atoms with Crippen LogP contribution in [0.5, 0.6) is 0 Å². The molecule has 2 saturated heterocycles. The zero-order chi connectivity index (χ0) is 16.8. The summed E-state index contributed by atoms with van der Waals surface area (Å²) in [5, 5.41) is 3.57. The molecular weight excluding hydrogens is 298 g/mol. The Morgan fingerprint density at radius 3 is 2.46 bits per heavy atom. The molecular formula is C19H33N5. The lowest BCUT2D eigenvalue weighted by atomic mass is 10.0. The maximum Gasteiger partial charge on any atom is 0.224 e. The van der Waals surface area contributed by atoms with E-state index in [4.69, 9.17) is 4.98 Å². The van der Waals surface area contributed by atoms with Gasteiger partial charge in [0.1, 0.15) is 5.82 Å². The lowest BCUT2D eigenvalue weighted by Gasteiger charge is -2.33. The lowest BCUT2D eigenvalue weighted by Crippen LogP contribution is -2.40. The van der Waals surface area contributed by atoms with E-state index < -0.39 is 0 Å². The molecule has 0 unspecified atom stereocenters. The minimum absolute atomic E-state index is 0.507. The third kappa shape index (κ3) is 5.07. The Labute approximate surface area is 146 Å². The van der Waals surface area contributed by atoms with Crippen LogP contribution in [-0.4, -0.2) is 53.6 Å². The summed E-state index contributed by atoms with van der Waals surface area (Å²) in [7, 11) is 0. The molecule has 0 spiro atoms. The van der Waals surface area contributed by atoms with Crippen LogP contribution in [0.3, 0.4) is 0 Å². The van der Waals surface area contributed by atoms with Crippen molar-refractivity contribution in [2.24, 2.45) is 5.92 Å². The quantitative estimate of drug-likeness (QED) is 0.896. The largest absolute Gasteiger partial charge is 0.356 e. The van der Waals surface area contributed by atoms with Gasteiger partial charge in [-0.2, -0.15) is 4.98 Å². The highest BCUT2D eigenvalue weighted by Gasteiger charge is 2.20. The van der Waals surface area contributed by atoms with Crippen molar-refractivity contribution in [2.75, 3.05) is 42.9 Å². The summed E-state index contributed by atoms with van der Waals surface area (Å²) < 4.78 is 0. The molecule has 2 aliphatic heterocycles. The van der Waals surface area contributed by atoms with Gasteiger partial charge >= 0.3 is 0 Å². The molecule has 2 fully saturated rings. The predicted octanol–water partition coefficient (Wildman–Crippen LogP) is 3.39. The highest BCUT2D eigenvalue weighted by Crippen LogP contribution is 2.20. The smallest absolute Gasteiger partial charge is 0.224 e. The molecule has 5 heteroatoms. The molecule has 0 aliphatic carbocycles. The zero-order valence-electron chi connectivity index (χ0n) is 15.4. The first-order valence-electron chi connectivity index (χ1n) is 9.77. The van der Waals surface area contributed by atoms with Gasteiger partial charge in [-0.15, -0.1) is 0 Å². The Morgan fingerprint density at radius 1 is 1.08 bits per heavy atom. The Balaban J connectivity index is 1.53. The zero-order valence-corrected chi connectivity index (χ0v) is 15.4. The predicted molar refractivity (Wildman–Crippen MR) is 101 cm³/mol. The second kappa shape index (κ2) is 8.65. The van der Waals surface area contributed by atoms with Crippen LogP contribution in [0.25, 0.3) is 0 Å². The molecule has 24 heavy (non-hydrogen) atoms. The Hall–Kier alpha value is -1.36. The minimum Gasteiger partial charge on any atom is -0.356 e. The summed E-state index contributed by atoms with van der Waals surface area (Å²) in [5.74, 6) is 2.65. The number of piperidine rings is 1. The fraction of sp³-hybridized carbons (Fsp3) is 0.789. The minimum atomic E-state index is 0.507. The summed E-state index contributed by atoms with van der Waals surface area (Å²) in [4.78, 5) is 14.2. The maximum atomic E-state index is 4.79. The SMILES string of the molecule is CC(C)CN1CCC(Nc2nccc(N3CCCCCC3)n2)CC1. The lowest BCUT2D eigenvalue weighted by molar-refractivity contribution is 0.197. The van der Waals surface area contributed by atoms with Crippen molar-refractivity contribution >= 4 is 11.8 Å². The van der Waals surface area contributed by atoms with Gasteiger partial charge in [-0.05, 0) is 37.7 Å². The average molecular weight is 332 g/mol. The highest BCUT2D eigenvalue weighted by atomic mass is 15.2. The Morgan fingerprint density at radius 2 is 1.79 bits per heavy atom. The molecule has 3 heterocycles. The van der Waals surface area contributed by atoms with Gasteiger partial charge in [0, 0.05) is 45.0 Å². The molecule has 134 valence electrons.